The van der Waals surface area contributed by atoms with Gasteiger partial charge in [-0.25, -0.2) is 0 Å². The van der Waals surface area contributed by atoms with Crippen molar-refractivity contribution in [3.05, 3.63) is 59.7 Å². The van der Waals surface area contributed by atoms with E-state index in [-0.39, 0.29) is 23.8 Å². The van der Waals surface area contributed by atoms with Crippen LogP contribution in [0.4, 0.5) is 5.69 Å². The van der Waals surface area contributed by atoms with Crippen LogP contribution in [0.1, 0.15) is 36.7 Å². The second-order valence-corrected chi connectivity index (χ2v) is 7.41. The molecule has 150 valence electrons. The third-order valence-corrected chi connectivity index (χ3v) is 4.08. The fraction of sp³-hybridized carbons (Fsp3) is 0.364. The molecule has 0 radical (unpaired) electrons. The second kappa shape index (κ2) is 9.90. The normalized spacial score (nSPS) is 11.0. The average Bonchev–Trinajstić information content (AvgIpc) is 2.66. The zero-order valence-corrected chi connectivity index (χ0v) is 16.9. The Morgan fingerprint density at radius 1 is 1.00 bits per heavy atom. The number of hydrogen-bond donors (Lipinski definition) is 2. The van der Waals surface area contributed by atoms with Gasteiger partial charge in [0, 0.05) is 24.9 Å². The predicted octanol–water partition coefficient (Wildman–Crippen LogP) is 3.38. The molecular weight excluding hydrogens is 356 g/mol. The number of hydrogen-bond acceptors (Lipinski definition) is 4. The van der Waals surface area contributed by atoms with Crippen molar-refractivity contribution in [1.29, 1.82) is 0 Å². The molecule has 0 aliphatic carbocycles. The summed E-state index contributed by atoms with van der Waals surface area (Å²) in [6.07, 6.45) is 0. The van der Waals surface area contributed by atoms with Gasteiger partial charge in [0.2, 0.25) is 0 Å². The summed E-state index contributed by atoms with van der Waals surface area (Å²) in [6.45, 7) is 7.11. The third-order valence-electron chi connectivity index (χ3n) is 4.08. The van der Waals surface area contributed by atoms with E-state index < -0.39 is 0 Å². The van der Waals surface area contributed by atoms with Gasteiger partial charge in [0.15, 0.2) is 6.61 Å². The minimum Gasteiger partial charge on any atom is -0.483 e. The Morgan fingerprint density at radius 3 is 2.32 bits per heavy atom. The first-order valence-electron chi connectivity index (χ1n) is 9.20. The van der Waals surface area contributed by atoms with Gasteiger partial charge in [-0.15, -0.1) is 0 Å². The fourth-order valence-corrected chi connectivity index (χ4v) is 2.63. The van der Waals surface area contributed by atoms with Crippen LogP contribution in [0.2, 0.25) is 0 Å². The van der Waals surface area contributed by atoms with E-state index in [1.165, 1.54) is 0 Å². The summed E-state index contributed by atoms with van der Waals surface area (Å²) in [5.41, 5.74) is 2.09. The number of carbonyl (C=O) groups excluding carboxylic acids is 2. The molecule has 0 unspecified atom stereocenters. The van der Waals surface area contributed by atoms with E-state index >= 15 is 0 Å². The smallest absolute Gasteiger partial charge is 0.262 e. The number of benzene rings is 2. The van der Waals surface area contributed by atoms with E-state index in [9.17, 15) is 9.59 Å². The fourth-order valence-electron chi connectivity index (χ4n) is 2.63. The second-order valence-electron chi connectivity index (χ2n) is 7.41. The first-order valence-corrected chi connectivity index (χ1v) is 9.20. The van der Waals surface area contributed by atoms with Gasteiger partial charge in [0.05, 0.1) is 6.61 Å². The molecule has 2 aromatic rings. The number of anilines is 1. The molecule has 0 aromatic heterocycles. The number of para-hydroxylation sites is 1. The van der Waals surface area contributed by atoms with E-state index in [4.69, 9.17) is 9.47 Å². The number of ether oxygens (including phenoxy) is 2. The molecule has 2 N–H and O–H groups in total. The first kappa shape index (κ1) is 21.4. The molecule has 0 fully saturated rings. The summed E-state index contributed by atoms with van der Waals surface area (Å²) in [5, 5.41) is 5.52. The van der Waals surface area contributed by atoms with Crippen LogP contribution < -0.4 is 15.4 Å². The van der Waals surface area contributed by atoms with Gasteiger partial charge in [-0.3, -0.25) is 9.59 Å². The van der Waals surface area contributed by atoms with Crippen molar-refractivity contribution in [2.75, 3.05) is 32.2 Å². The maximum Gasteiger partial charge on any atom is 0.262 e. The standard InChI is InChI=1S/C22H28N2O4/c1-22(2,3)18-7-5-6-8-19(18)28-15-20(25)24-17-11-9-16(10-12-17)21(26)23-13-14-27-4/h5-12H,13-15H2,1-4H3,(H,23,26)(H,24,25). The summed E-state index contributed by atoms with van der Waals surface area (Å²) >= 11 is 0. The van der Waals surface area contributed by atoms with Gasteiger partial charge < -0.3 is 20.1 Å². The van der Waals surface area contributed by atoms with Crippen LogP contribution in [0.15, 0.2) is 48.5 Å². The van der Waals surface area contributed by atoms with Crippen LogP contribution in [0.25, 0.3) is 0 Å². The zero-order valence-electron chi connectivity index (χ0n) is 16.9. The summed E-state index contributed by atoms with van der Waals surface area (Å²) in [4.78, 5) is 24.2. The van der Waals surface area contributed by atoms with Crippen molar-refractivity contribution < 1.29 is 19.1 Å². The molecule has 0 spiro atoms. The van der Waals surface area contributed by atoms with Gasteiger partial charge in [0.1, 0.15) is 5.75 Å². The highest BCUT2D eigenvalue weighted by molar-refractivity contribution is 5.96. The lowest BCUT2D eigenvalue weighted by molar-refractivity contribution is -0.118. The summed E-state index contributed by atoms with van der Waals surface area (Å²) in [6, 6.07) is 14.4. The molecule has 28 heavy (non-hydrogen) atoms. The van der Waals surface area contributed by atoms with Gasteiger partial charge in [-0.05, 0) is 41.3 Å². The van der Waals surface area contributed by atoms with Gasteiger partial charge in [-0.1, -0.05) is 39.0 Å². The number of rotatable bonds is 8. The first-order chi connectivity index (χ1) is 13.3. The Kier molecular flexibility index (Phi) is 7.58. The Labute approximate surface area is 166 Å². The average molecular weight is 384 g/mol. The van der Waals surface area contributed by atoms with Crippen molar-refractivity contribution in [1.82, 2.24) is 5.32 Å². The molecule has 0 saturated carbocycles. The molecule has 0 aliphatic heterocycles. The van der Waals surface area contributed by atoms with Crippen LogP contribution in [-0.2, 0) is 14.9 Å². The number of nitrogens with one attached hydrogen (secondary N) is 2. The van der Waals surface area contributed by atoms with Crippen molar-refractivity contribution in [2.45, 2.75) is 26.2 Å². The molecule has 0 bridgehead atoms. The number of amides is 2. The largest absolute Gasteiger partial charge is 0.483 e. The molecule has 6 heteroatoms. The Hall–Kier alpha value is -2.86. The molecule has 2 rings (SSSR count). The van der Waals surface area contributed by atoms with Gasteiger partial charge in [0.25, 0.3) is 11.8 Å². The third kappa shape index (κ3) is 6.39. The predicted molar refractivity (Wildman–Crippen MR) is 110 cm³/mol. The molecule has 0 heterocycles. The molecule has 2 amide bonds. The summed E-state index contributed by atoms with van der Waals surface area (Å²) < 4.78 is 10.6. The van der Waals surface area contributed by atoms with Crippen LogP contribution in [0, 0.1) is 0 Å². The zero-order chi connectivity index (χ0) is 20.6. The Balaban J connectivity index is 1.89. The summed E-state index contributed by atoms with van der Waals surface area (Å²) in [5.74, 6) is 0.256. The van der Waals surface area contributed by atoms with E-state index in [0.717, 1.165) is 5.56 Å². The van der Waals surface area contributed by atoms with Crippen LogP contribution in [-0.4, -0.2) is 38.7 Å². The van der Waals surface area contributed by atoms with Crippen molar-refractivity contribution in [3.8, 4) is 5.75 Å². The summed E-state index contributed by atoms with van der Waals surface area (Å²) in [7, 11) is 1.58. The van der Waals surface area contributed by atoms with Crippen LogP contribution in [0.5, 0.6) is 5.75 Å². The monoisotopic (exact) mass is 384 g/mol. The van der Waals surface area contributed by atoms with Crippen LogP contribution in [0.3, 0.4) is 0 Å². The SMILES string of the molecule is COCCNC(=O)c1ccc(NC(=O)COc2ccccc2C(C)(C)C)cc1. The van der Waals surface area contributed by atoms with E-state index in [1.807, 2.05) is 24.3 Å². The van der Waals surface area contributed by atoms with Crippen molar-refractivity contribution in [3.63, 3.8) is 0 Å². The molecule has 2 aromatic carbocycles. The van der Waals surface area contributed by atoms with Gasteiger partial charge >= 0.3 is 0 Å². The lowest BCUT2D eigenvalue weighted by Gasteiger charge is -2.22. The van der Waals surface area contributed by atoms with E-state index in [1.54, 1.807) is 31.4 Å². The molecule has 6 nitrogen and oxygen atoms in total. The Morgan fingerprint density at radius 2 is 1.68 bits per heavy atom. The molecule has 0 atom stereocenters. The van der Waals surface area contributed by atoms with Crippen LogP contribution >= 0.6 is 0 Å². The highest BCUT2D eigenvalue weighted by Gasteiger charge is 2.19. The topological polar surface area (TPSA) is 76.7 Å². The highest BCUT2D eigenvalue weighted by Crippen LogP contribution is 2.30. The minimum absolute atomic E-state index is 0.0767. The quantitative estimate of drug-likeness (QED) is 0.684. The Bertz CT molecular complexity index is 795. The molecule has 0 aliphatic rings. The van der Waals surface area contributed by atoms with E-state index in [2.05, 4.69) is 31.4 Å². The van der Waals surface area contributed by atoms with Crippen molar-refractivity contribution in [2.24, 2.45) is 0 Å². The lowest BCUT2D eigenvalue weighted by atomic mass is 9.86. The molecule has 0 saturated heterocycles. The van der Waals surface area contributed by atoms with E-state index in [0.29, 0.717) is 30.2 Å². The lowest BCUT2D eigenvalue weighted by Crippen LogP contribution is -2.27. The minimum atomic E-state index is -0.263. The maximum absolute atomic E-state index is 12.2. The number of carbonyl (C=O) groups is 2. The van der Waals surface area contributed by atoms with Crippen molar-refractivity contribution >= 4 is 17.5 Å². The molecular formula is C22H28N2O4. The maximum atomic E-state index is 12.2. The number of methoxy groups -OCH3 is 1. The highest BCUT2D eigenvalue weighted by atomic mass is 16.5. The van der Waals surface area contributed by atoms with Gasteiger partial charge in [-0.2, -0.15) is 0 Å².